The first kappa shape index (κ1) is 27.2. The number of para-hydroxylation sites is 1. The molecule has 1 amide bonds. The predicted molar refractivity (Wildman–Crippen MR) is 157 cm³/mol. The maximum absolute atomic E-state index is 13.1. The van der Waals surface area contributed by atoms with Crippen LogP contribution in [0.2, 0.25) is 0 Å². The van der Waals surface area contributed by atoms with Gasteiger partial charge in [-0.2, -0.15) is 5.10 Å². The van der Waals surface area contributed by atoms with E-state index < -0.39 is 5.60 Å². The topological polar surface area (TPSA) is 114 Å². The van der Waals surface area contributed by atoms with Crippen molar-refractivity contribution in [1.29, 1.82) is 0 Å². The number of aromatic amines is 1. The molecule has 2 aromatic carbocycles. The molecule has 3 aromatic heterocycles. The Kier molecular flexibility index (Phi) is 7.01. The van der Waals surface area contributed by atoms with Crippen LogP contribution in [-0.4, -0.2) is 42.5 Å². The van der Waals surface area contributed by atoms with E-state index in [9.17, 15) is 14.7 Å². The molecule has 40 heavy (non-hydrogen) atoms. The average molecular weight is 542 g/mol. The summed E-state index contributed by atoms with van der Waals surface area (Å²) in [5.41, 5.74) is 3.84. The highest BCUT2D eigenvalue weighted by Crippen LogP contribution is 2.40. The Balaban J connectivity index is 1.74. The lowest BCUT2D eigenvalue weighted by molar-refractivity contribution is 0.0651. The molecule has 208 valence electrons. The third kappa shape index (κ3) is 5.24. The van der Waals surface area contributed by atoms with Gasteiger partial charge in [-0.1, -0.05) is 18.2 Å². The minimum Gasteiger partial charge on any atom is -0.456 e. The van der Waals surface area contributed by atoms with E-state index in [0.29, 0.717) is 41.9 Å². The number of pyridine rings is 1. The van der Waals surface area contributed by atoms with Gasteiger partial charge in [0.15, 0.2) is 0 Å². The molecule has 0 unspecified atom stereocenters. The van der Waals surface area contributed by atoms with Crippen LogP contribution in [0, 0.1) is 13.8 Å². The predicted octanol–water partition coefficient (Wildman–Crippen LogP) is 5.20. The van der Waals surface area contributed by atoms with E-state index in [4.69, 9.17) is 9.84 Å². The van der Waals surface area contributed by atoms with Crippen LogP contribution in [0.15, 0.2) is 53.6 Å². The summed E-state index contributed by atoms with van der Waals surface area (Å²) in [5, 5.41) is 19.3. The van der Waals surface area contributed by atoms with Gasteiger partial charge in [-0.25, -0.2) is 0 Å². The number of hydrogen-bond donors (Lipinski definition) is 3. The molecule has 5 aromatic rings. The lowest BCUT2D eigenvalue weighted by Gasteiger charge is -2.16. The summed E-state index contributed by atoms with van der Waals surface area (Å²) in [6, 6.07) is 11.6. The fourth-order valence-electron chi connectivity index (χ4n) is 4.90. The van der Waals surface area contributed by atoms with Crippen LogP contribution in [-0.2, 0) is 13.6 Å². The lowest BCUT2D eigenvalue weighted by Crippen LogP contribution is -2.23. The maximum Gasteiger partial charge on any atom is 0.274 e. The first-order valence-corrected chi connectivity index (χ1v) is 13.4. The summed E-state index contributed by atoms with van der Waals surface area (Å²) < 4.78 is 9.95. The Bertz CT molecular complexity index is 1780. The monoisotopic (exact) mass is 541 g/mol. The molecule has 9 nitrogen and oxygen atoms in total. The van der Waals surface area contributed by atoms with Gasteiger partial charge in [-0.15, -0.1) is 0 Å². The smallest absolute Gasteiger partial charge is 0.274 e. The molecule has 0 saturated heterocycles. The molecule has 0 spiro atoms. The minimum atomic E-state index is -0.809. The van der Waals surface area contributed by atoms with Gasteiger partial charge >= 0.3 is 0 Å². The second-order valence-electron chi connectivity index (χ2n) is 11.0. The second-order valence-corrected chi connectivity index (χ2v) is 11.0. The summed E-state index contributed by atoms with van der Waals surface area (Å²) in [6.07, 6.45) is 4.26. The van der Waals surface area contributed by atoms with Crippen molar-refractivity contribution in [3.8, 4) is 22.6 Å². The summed E-state index contributed by atoms with van der Waals surface area (Å²) >= 11 is 0. The highest BCUT2D eigenvalue weighted by Gasteiger charge is 2.21. The number of fused-ring (bicyclic) bond motifs is 2. The number of rotatable bonds is 8. The quantitative estimate of drug-likeness (QED) is 0.250. The number of aliphatic hydroxyl groups is 1. The zero-order valence-electron chi connectivity index (χ0n) is 23.8. The first-order valence-electron chi connectivity index (χ1n) is 13.4. The fourth-order valence-corrected chi connectivity index (χ4v) is 4.90. The Morgan fingerprint density at radius 2 is 1.85 bits per heavy atom. The van der Waals surface area contributed by atoms with Gasteiger partial charge in [-0.3, -0.25) is 14.3 Å². The number of amides is 1. The highest BCUT2D eigenvalue weighted by molar-refractivity contribution is 6.04. The summed E-state index contributed by atoms with van der Waals surface area (Å²) in [7, 11) is 1.69. The van der Waals surface area contributed by atoms with Crippen LogP contribution in [0.3, 0.4) is 0 Å². The number of benzene rings is 2. The first-order chi connectivity index (χ1) is 18.9. The van der Waals surface area contributed by atoms with Crippen molar-refractivity contribution >= 4 is 27.7 Å². The van der Waals surface area contributed by atoms with Gasteiger partial charge in [-0.05, 0) is 70.4 Å². The summed E-state index contributed by atoms with van der Waals surface area (Å²) in [4.78, 5) is 28.7. The normalized spacial score (nSPS) is 11.9. The number of aryl methyl sites for hydroxylation is 4. The number of aromatic nitrogens is 4. The van der Waals surface area contributed by atoms with Crippen LogP contribution in [0.4, 0.5) is 0 Å². The number of carbonyl (C=O) groups is 1. The van der Waals surface area contributed by atoms with Crippen molar-refractivity contribution in [2.45, 2.75) is 53.2 Å². The number of H-pyrrole nitrogens is 1. The zero-order chi connectivity index (χ0) is 28.8. The van der Waals surface area contributed by atoms with E-state index >= 15 is 0 Å². The largest absolute Gasteiger partial charge is 0.456 e. The molecule has 0 aliphatic rings. The van der Waals surface area contributed by atoms with Gasteiger partial charge in [0.05, 0.1) is 11.1 Å². The summed E-state index contributed by atoms with van der Waals surface area (Å²) in [6.45, 7) is 10.4. The number of ether oxygens (including phenoxy) is 1. The Labute approximate surface area is 232 Å². The van der Waals surface area contributed by atoms with Gasteiger partial charge in [0.2, 0.25) is 0 Å². The summed E-state index contributed by atoms with van der Waals surface area (Å²) in [5.74, 6) is 1.09. The molecule has 0 fully saturated rings. The molecule has 3 heterocycles. The second kappa shape index (κ2) is 10.3. The molecule has 0 bridgehead atoms. The van der Waals surface area contributed by atoms with Crippen molar-refractivity contribution < 1.29 is 14.6 Å². The Hall–Kier alpha value is -4.37. The molecule has 0 atom stereocenters. The highest BCUT2D eigenvalue weighted by atomic mass is 16.5. The van der Waals surface area contributed by atoms with Crippen LogP contribution in [0.1, 0.15) is 48.8 Å². The van der Waals surface area contributed by atoms with Crippen molar-refractivity contribution in [2.24, 2.45) is 7.05 Å². The van der Waals surface area contributed by atoms with Crippen molar-refractivity contribution in [3.63, 3.8) is 0 Å². The van der Waals surface area contributed by atoms with E-state index in [1.165, 1.54) is 4.57 Å². The maximum atomic E-state index is 13.1. The van der Waals surface area contributed by atoms with Gasteiger partial charge in [0.25, 0.3) is 11.5 Å². The molecule has 3 N–H and O–H groups in total. The van der Waals surface area contributed by atoms with Crippen LogP contribution in [0.25, 0.3) is 32.9 Å². The molecular formula is C31H35N5O4. The average Bonchev–Trinajstić information content (AvgIpc) is 3.51. The standard InChI is InChI=1S/C31H35N5O4/c1-7-32-29(37)25-15-22-23(17-35(6)30(38)27(22)33-25)21-14-24-20(16-36(34-24)12-11-31(4,5)39)13-26(21)40-28-18(2)9-8-10-19(28)3/h8-10,13-17,33,39H,7,11-12H2,1-6H3,(H,32,37). The SMILES string of the molecule is CCNC(=O)c1cc2c(-c3cc4nn(CCC(C)(C)O)cc4cc3Oc3c(C)cccc3C)cn(C)c(=O)c2[nH]1. The van der Waals surface area contributed by atoms with E-state index in [-0.39, 0.29) is 11.5 Å². The van der Waals surface area contributed by atoms with Crippen molar-refractivity contribution in [3.05, 3.63) is 76.0 Å². The molecule has 0 aliphatic carbocycles. The lowest BCUT2D eigenvalue weighted by atomic mass is 10.0. The molecule has 0 saturated carbocycles. The Morgan fingerprint density at radius 3 is 2.52 bits per heavy atom. The minimum absolute atomic E-state index is 0.233. The van der Waals surface area contributed by atoms with E-state index in [1.807, 2.05) is 62.0 Å². The van der Waals surface area contributed by atoms with E-state index in [2.05, 4.69) is 10.3 Å². The van der Waals surface area contributed by atoms with Gasteiger partial charge in [0, 0.05) is 54.4 Å². The van der Waals surface area contributed by atoms with Crippen LogP contribution < -0.4 is 15.6 Å². The number of nitrogens with one attached hydrogen (secondary N) is 2. The molecule has 0 aliphatic heterocycles. The van der Waals surface area contributed by atoms with Crippen molar-refractivity contribution in [1.82, 2.24) is 24.6 Å². The number of hydrogen-bond acceptors (Lipinski definition) is 5. The molecular weight excluding hydrogens is 506 g/mol. The molecule has 5 rings (SSSR count). The van der Waals surface area contributed by atoms with Crippen molar-refractivity contribution in [2.75, 3.05) is 6.54 Å². The number of nitrogens with zero attached hydrogens (tertiary/aromatic N) is 3. The van der Waals surface area contributed by atoms with Gasteiger partial charge < -0.3 is 24.7 Å². The van der Waals surface area contributed by atoms with E-state index in [0.717, 1.165) is 38.9 Å². The zero-order valence-corrected chi connectivity index (χ0v) is 23.8. The molecule has 9 heteroatoms. The Morgan fingerprint density at radius 1 is 1.12 bits per heavy atom. The van der Waals surface area contributed by atoms with Crippen LogP contribution in [0.5, 0.6) is 11.5 Å². The third-order valence-electron chi connectivity index (χ3n) is 7.06. The fraction of sp³-hybridized carbons (Fsp3) is 0.323. The third-order valence-corrected chi connectivity index (χ3v) is 7.06. The molecule has 0 radical (unpaired) electrons. The van der Waals surface area contributed by atoms with E-state index in [1.54, 1.807) is 33.2 Å². The number of carbonyl (C=O) groups excluding carboxylic acids is 1. The van der Waals surface area contributed by atoms with Gasteiger partial charge in [0.1, 0.15) is 22.7 Å². The van der Waals surface area contributed by atoms with Crippen LogP contribution >= 0.6 is 0 Å².